The monoisotopic (exact) mass is 478 g/mol. The van der Waals surface area contributed by atoms with Gasteiger partial charge in [-0.05, 0) is 63.1 Å². The molecule has 7 nitrogen and oxygen atoms in total. The van der Waals surface area contributed by atoms with Crippen LogP contribution in [0.4, 0.5) is 10.8 Å². The summed E-state index contributed by atoms with van der Waals surface area (Å²) in [6.45, 7) is 12.1. The Bertz CT molecular complexity index is 1010. The van der Waals surface area contributed by atoms with Crippen LogP contribution in [0.1, 0.15) is 39.0 Å². The lowest BCUT2D eigenvalue weighted by Gasteiger charge is -2.12. The van der Waals surface area contributed by atoms with E-state index in [0.717, 1.165) is 33.9 Å². The zero-order valence-corrected chi connectivity index (χ0v) is 21.6. The maximum Gasteiger partial charge on any atom is 0.183 e. The van der Waals surface area contributed by atoms with Crippen LogP contribution in [-0.4, -0.2) is 39.5 Å². The second-order valence-corrected chi connectivity index (χ2v) is 8.90. The van der Waals surface area contributed by atoms with Gasteiger partial charge in [0.25, 0.3) is 0 Å². The van der Waals surface area contributed by atoms with Gasteiger partial charge in [-0.25, -0.2) is 9.19 Å². The number of anilines is 2. The molecule has 2 aromatic heterocycles. The highest BCUT2D eigenvalue weighted by Gasteiger charge is 2.16. The van der Waals surface area contributed by atoms with E-state index in [1.54, 1.807) is 30.8 Å². The van der Waals surface area contributed by atoms with Gasteiger partial charge in [-0.3, -0.25) is 9.71 Å². The molecule has 9 heteroatoms. The minimum Gasteiger partial charge on any atom is -0.495 e. The molecule has 1 atom stereocenters. The molecule has 0 aliphatic heterocycles. The summed E-state index contributed by atoms with van der Waals surface area (Å²) in [4.78, 5) is 10.4. The van der Waals surface area contributed by atoms with Gasteiger partial charge in [0.15, 0.2) is 16.1 Å². The van der Waals surface area contributed by atoms with Gasteiger partial charge in [0.1, 0.15) is 10.6 Å². The van der Waals surface area contributed by atoms with Gasteiger partial charge in [0, 0.05) is 19.3 Å². The first kappa shape index (κ1) is 27.5. The van der Waals surface area contributed by atoms with Crippen LogP contribution < -0.4 is 14.8 Å². The van der Waals surface area contributed by atoms with Crippen molar-refractivity contribution in [1.82, 2.24) is 9.97 Å². The summed E-state index contributed by atoms with van der Waals surface area (Å²) >= 11 is 1.59. The molecule has 0 radical (unpaired) electrons. The Labute approximate surface area is 197 Å². The van der Waals surface area contributed by atoms with Crippen LogP contribution in [0.25, 0.3) is 10.4 Å². The molecule has 2 heterocycles. The van der Waals surface area contributed by atoms with Crippen molar-refractivity contribution in [3.05, 3.63) is 47.9 Å². The highest BCUT2D eigenvalue weighted by molar-refractivity contribution is 7.86. The number of aliphatic hydroxyl groups is 1. The van der Waals surface area contributed by atoms with E-state index >= 15 is 0 Å². The highest BCUT2D eigenvalue weighted by atomic mass is 32.2. The summed E-state index contributed by atoms with van der Waals surface area (Å²) in [6.07, 6.45) is 3.41. The van der Waals surface area contributed by atoms with E-state index in [1.807, 2.05) is 52.0 Å². The van der Waals surface area contributed by atoms with Gasteiger partial charge in [-0.1, -0.05) is 25.2 Å². The van der Waals surface area contributed by atoms with Crippen molar-refractivity contribution in [3.8, 4) is 16.2 Å². The van der Waals surface area contributed by atoms with E-state index < -0.39 is 11.0 Å². The molecule has 3 N–H and O–H groups in total. The lowest BCUT2D eigenvalue weighted by Crippen LogP contribution is -2.08. The van der Waals surface area contributed by atoms with E-state index in [1.165, 1.54) is 0 Å². The fourth-order valence-corrected chi connectivity index (χ4v) is 4.82. The molecule has 0 saturated heterocycles. The Hall–Kier alpha value is -2.49. The summed E-state index contributed by atoms with van der Waals surface area (Å²) < 4.78 is 21.4. The topological polar surface area (TPSA) is 96.4 Å². The lowest BCUT2D eigenvalue weighted by atomic mass is 10.1. The molecule has 0 aliphatic carbocycles. The molecule has 32 heavy (non-hydrogen) atoms. The minimum absolute atomic E-state index is 0.310. The van der Waals surface area contributed by atoms with Crippen molar-refractivity contribution in [2.75, 3.05) is 24.3 Å². The van der Waals surface area contributed by atoms with Gasteiger partial charge in [-0.2, -0.15) is 0 Å². The van der Waals surface area contributed by atoms with E-state index in [2.05, 4.69) is 33.9 Å². The van der Waals surface area contributed by atoms with E-state index in [4.69, 9.17) is 9.84 Å². The number of thiazole rings is 1. The van der Waals surface area contributed by atoms with Gasteiger partial charge < -0.3 is 15.2 Å². The largest absolute Gasteiger partial charge is 0.495 e. The Morgan fingerprint density at radius 3 is 2.41 bits per heavy atom. The van der Waals surface area contributed by atoms with Crippen molar-refractivity contribution < 1.29 is 14.1 Å². The van der Waals surface area contributed by atoms with Crippen molar-refractivity contribution >= 4 is 33.1 Å². The number of methoxy groups -OCH3 is 1. The first-order valence-corrected chi connectivity index (χ1v) is 12.3. The standard InChI is InChI=1S/C20H24N4O2S2.C2H6.CH4O/c1-12(2)22-20-23-14(4)19(27-20)15-6-7-17(26-5)18(9-15)28(25)24-16-8-13(3)10-21-11-16;2*1-2/h6-12,24H,1-5H3,(H,22,23);1-2H3;2H,1H3. The number of pyridine rings is 1. The second kappa shape index (κ2) is 13.8. The van der Waals surface area contributed by atoms with Crippen LogP contribution in [0.5, 0.6) is 5.75 Å². The number of aromatic nitrogens is 2. The fraction of sp³-hybridized carbons (Fsp3) is 0.391. The van der Waals surface area contributed by atoms with Crippen molar-refractivity contribution in [3.63, 3.8) is 0 Å². The molecular weight excluding hydrogens is 444 g/mol. The molecule has 0 bridgehead atoms. The summed E-state index contributed by atoms with van der Waals surface area (Å²) in [5.41, 5.74) is 3.59. The SMILES string of the molecule is CC.CO.COc1ccc(-c2sc(NC(C)C)nc2C)cc1S(=O)Nc1cncc(C)c1. The molecule has 0 saturated carbocycles. The highest BCUT2D eigenvalue weighted by Crippen LogP contribution is 2.36. The molecule has 176 valence electrons. The number of rotatable bonds is 7. The van der Waals surface area contributed by atoms with Crippen molar-refractivity contribution in [2.45, 2.75) is 52.5 Å². The third kappa shape index (κ3) is 7.58. The lowest BCUT2D eigenvalue weighted by molar-refractivity contribution is 0.399. The second-order valence-electron chi connectivity index (χ2n) is 6.72. The van der Waals surface area contributed by atoms with E-state index in [-0.39, 0.29) is 0 Å². The van der Waals surface area contributed by atoms with Gasteiger partial charge in [0.2, 0.25) is 0 Å². The number of benzene rings is 1. The summed E-state index contributed by atoms with van der Waals surface area (Å²) in [7, 11) is 1.08. The molecule has 0 fully saturated rings. The van der Waals surface area contributed by atoms with Crippen LogP contribution in [0.3, 0.4) is 0 Å². The molecule has 0 amide bonds. The van der Waals surface area contributed by atoms with Crippen LogP contribution in [0.15, 0.2) is 41.6 Å². The Morgan fingerprint density at radius 1 is 1.12 bits per heavy atom. The summed E-state index contributed by atoms with van der Waals surface area (Å²) in [6, 6.07) is 7.91. The molecule has 0 spiro atoms. The maximum atomic E-state index is 13.0. The summed E-state index contributed by atoms with van der Waals surface area (Å²) in [5, 5.41) is 11.2. The first-order chi connectivity index (χ1) is 15.4. The molecule has 0 aliphatic rings. The third-order valence-electron chi connectivity index (χ3n) is 3.92. The number of hydrogen-bond acceptors (Lipinski definition) is 7. The number of aliphatic hydroxyl groups excluding tert-OH is 1. The molecule has 1 aromatic carbocycles. The zero-order chi connectivity index (χ0) is 24.3. The number of nitrogens with one attached hydrogen (secondary N) is 2. The van der Waals surface area contributed by atoms with Gasteiger partial charge in [0.05, 0.1) is 29.6 Å². The number of ether oxygens (including phenoxy) is 1. The van der Waals surface area contributed by atoms with Gasteiger partial charge in [-0.15, -0.1) is 0 Å². The third-order valence-corrected chi connectivity index (χ3v) is 6.20. The van der Waals surface area contributed by atoms with Crippen LogP contribution in [-0.2, 0) is 11.0 Å². The maximum absolute atomic E-state index is 13.0. The number of nitrogens with zero attached hydrogens (tertiary/aromatic N) is 2. The predicted molar refractivity (Wildman–Crippen MR) is 136 cm³/mol. The predicted octanol–water partition coefficient (Wildman–Crippen LogP) is 5.42. The van der Waals surface area contributed by atoms with Crippen molar-refractivity contribution in [1.29, 1.82) is 0 Å². The molecule has 1 unspecified atom stereocenters. The van der Waals surface area contributed by atoms with Crippen LogP contribution in [0, 0.1) is 13.8 Å². The number of aryl methyl sites for hydroxylation is 2. The van der Waals surface area contributed by atoms with Gasteiger partial charge >= 0.3 is 0 Å². The first-order valence-electron chi connectivity index (χ1n) is 10.3. The Kier molecular flexibility index (Phi) is 11.9. The normalized spacial score (nSPS) is 10.9. The average molecular weight is 479 g/mol. The van der Waals surface area contributed by atoms with E-state index in [0.29, 0.717) is 22.4 Å². The number of hydrogen-bond donors (Lipinski definition) is 3. The van der Waals surface area contributed by atoms with Crippen LogP contribution in [0.2, 0.25) is 0 Å². The van der Waals surface area contributed by atoms with Crippen molar-refractivity contribution in [2.24, 2.45) is 0 Å². The minimum atomic E-state index is -1.49. The average Bonchev–Trinajstić information content (AvgIpc) is 3.15. The Morgan fingerprint density at radius 2 is 1.81 bits per heavy atom. The fourth-order valence-electron chi connectivity index (χ4n) is 2.71. The van der Waals surface area contributed by atoms with Crippen LogP contribution >= 0.6 is 11.3 Å². The molecule has 3 aromatic rings. The van der Waals surface area contributed by atoms with E-state index in [9.17, 15) is 4.21 Å². The molecule has 3 rings (SSSR count). The quantitative estimate of drug-likeness (QED) is 0.420. The smallest absolute Gasteiger partial charge is 0.183 e. The Balaban J connectivity index is 0.00000121. The zero-order valence-electron chi connectivity index (χ0n) is 20.0. The summed E-state index contributed by atoms with van der Waals surface area (Å²) in [5.74, 6) is 0.567. The molecular formula is C23H34N4O3S2.